The SMILES string of the molecule is CC1(C)N=C(c2ccc(F)cc2)C(=O)N1CC(=O)Nc1ccc(Br)cc1. The number of benzene rings is 2. The molecule has 5 nitrogen and oxygen atoms in total. The van der Waals surface area contributed by atoms with Gasteiger partial charge in [-0.05, 0) is 62.4 Å². The zero-order valence-corrected chi connectivity index (χ0v) is 15.9. The Labute approximate surface area is 159 Å². The number of aliphatic imine (C=N–C) groups is 1. The van der Waals surface area contributed by atoms with E-state index in [9.17, 15) is 14.0 Å². The van der Waals surface area contributed by atoms with E-state index in [4.69, 9.17) is 0 Å². The fourth-order valence-electron chi connectivity index (χ4n) is 2.70. The highest BCUT2D eigenvalue weighted by Gasteiger charge is 2.41. The summed E-state index contributed by atoms with van der Waals surface area (Å²) in [6.07, 6.45) is 0. The van der Waals surface area contributed by atoms with E-state index in [1.54, 1.807) is 26.0 Å². The zero-order valence-electron chi connectivity index (χ0n) is 14.3. The Hall–Kier alpha value is -2.54. The number of hydrogen-bond acceptors (Lipinski definition) is 3. The fraction of sp³-hybridized carbons (Fsp3) is 0.211. The summed E-state index contributed by atoms with van der Waals surface area (Å²) in [6, 6.07) is 12.7. The number of halogens is 2. The van der Waals surface area contributed by atoms with Crippen molar-refractivity contribution < 1.29 is 14.0 Å². The van der Waals surface area contributed by atoms with Crippen LogP contribution in [0.1, 0.15) is 19.4 Å². The predicted molar refractivity (Wildman–Crippen MR) is 102 cm³/mol. The number of nitrogens with one attached hydrogen (secondary N) is 1. The average Bonchev–Trinajstić information content (AvgIpc) is 2.81. The van der Waals surface area contributed by atoms with Gasteiger partial charge in [-0.3, -0.25) is 14.6 Å². The minimum atomic E-state index is -0.863. The van der Waals surface area contributed by atoms with Gasteiger partial charge >= 0.3 is 0 Å². The maximum absolute atomic E-state index is 13.1. The van der Waals surface area contributed by atoms with Crippen LogP contribution in [0.4, 0.5) is 10.1 Å². The first-order chi connectivity index (χ1) is 12.3. The van der Waals surface area contributed by atoms with E-state index in [1.165, 1.54) is 29.2 Å². The Morgan fingerprint density at radius 2 is 1.77 bits per heavy atom. The summed E-state index contributed by atoms with van der Waals surface area (Å²) in [5.41, 5.74) is 0.534. The minimum absolute atomic E-state index is 0.129. The Morgan fingerprint density at radius 1 is 1.15 bits per heavy atom. The molecule has 0 radical (unpaired) electrons. The fourth-order valence-corrected chi connectivity index (χ4v) is 2.96. The second kappa shape index (κ2) is 6.99. The van der Waals surface area contributed by atoms with Crippen molar-refractivity contribution in [2.45, 2.75) is 19.5 Å². The molecule has 2 aromatic carbocycles. The summed E-state index contributed by atoms with van der Waals surface area (Å²) in [6.45, 7) is 3.39. The molecule has 0 saturated heterocycles. The lowest BCUT2D eigenvalue weighted by Gasteiger charge is -2.28. The number of hydrogen-bond donors (Lipinski definition) is 1. The molecule has 0 aromatic heterocycles. The Bertz CT molecular complexity index is 877. The number of carbonyl (C=O) groups is 2. The van der Waals surface area contributed by atoms with Crippen LogP contribution in [0.25, 0.3) is 0 Å². The number of carbonyl (C=O) groups excluding carboxylic acids is 2. The van der Waals surface area contributed by atoms with Crippen molar-refractivity contribution in [2.75, 3.05) is 11.9 Å². The van der Waals surface area contributed by atoms with Gasteiger partial charge in [0.15, 0.2) is 0 Å². The Morgan fingerprint density at radius 3 is 2.38 bits per heavy atom. The van der Waals surface area contributed by atoms with Crippen molar-refractivity contribution in [3.63, 3.8) is 0 Å². The average molecular weight is 418 g/mol. The lowest BCUT2D eigenvalue weighted by atomic mass is 10.1. The molecule has 1 heterocycles. The predicted octanol–water partition coefficient (Wildman–Crippen LogP) is 3.59. The van der Waals surface area contributed by atoms with Crippen LogP contribution in [0, 0.1) is 5.82 Å². The molecule has 0 unspecified atom stereocenters. The number of amides is 2. The smallest absolute Gasteiger partial charge is 0.275 e. The number of rotatable bonds is 4. The van der Waals surface area contributed by atoms with Crippen molar-refractivity contribution in [1.29, 1.82) is 0 Å². The van der Waals surface area contributed by atoms with Crippen LogP contribution in [0.2, 0.25) is 0 Å². The number of nitrogens with zero attached hydrogens (tertiary/aromatic N) is 2. The summed E-state index contributed by atoms with van der Waals surface area (Å²) < 4.78 is 14.0. The Kier molecular flexibility index (Phi) is 4.91. The lowest BCUT2D eigenvalue weighted by Crippen LogP contribution is -2.46. The van der Waals surface area contributed by atoms with Gasteiger partial charge in [0.2, 0.25) is 5.91 Å². The Balaban J connectivity index is 1.74. The third-order valence-corrected chi connectivity index (χ3v) is 4.57. The second-order valence-corrected chi connectivity index (χ2v) is 7.32. The van der Waals surface area contributed by atoms with Gasteiger partial charge in [-0.25, -0.2) is 4.39 Å². The van der Waals surface area contributed by atoms with Crippen LogP contribution in [0.15, 0.2) is 58.0 Å². The molecule has 3 rings (SSSR count). The van der Waals surface area contributed by atoms with Gasteiger partial charge in [0.25, 0.3) is 5.91 Å². The quantitative estimate of drug-likeness (QED) is 0.825. The lowest BCUT2D eigenvalue weighted by molar-refractivity contribution is -0.131. The third-order valence-electron chi connectivity index (χ3n) is 4.04. The van der Waals surface area contributed by atoms with E-state index in [1.807, 2.05) is 12.1 Å². The molecule has 2 amide bonds. The first kappa shape index (κ1) is 18.3. The third kappa shape index (κ3) is 3.83. The highest BCUT2D eigenvalue weighted by Crippen LogP contribution is 2.26. The van der Waals surface area contributed by atoms with Crippen LogP contribution < -0.4 is 5.32 Å². The summed E-state index contributed by atoms with van der Waals surface area (Å²) in [5, 5.41) is 2.76. The van der Waals surface area contributed by atoms with E-state index < -0.39 is 5.66 Å². The molecule has 0 atom stereocenters. The first-order valence-corrected chi connectivity index (χ1v) is 8.79. The van der Waals surface area contributed by atoms with Gasteiger partial charge in [0.1, 0.15) is 23.7 Å². The molecule has 0 saturated carbocycles. The maximum atomic E-state index is 13.1. The van der Waals surface area contributed by atoms with Gasteiger partial charge in [-0.1, -0.05) is 15.9 Å². The van der Waals surface area contributed by atoms with Crippen LogP contribution in [-0.2, 0) is 9.59 Å². The highest BCUT2D eigenvalue weighted by molar-refractivity contribution is 9.10. The van der Waals surface area contributed by atoms with E-state index >= 15 is 0 Å². The standard InChI is InChI=1S/C19H17BrFN3O2/c1-19(2)23-17(12-3-7-14(21)8-4-12)18(26)24(19)11-16(25)22-15-9-5-13(20)6-10-15/h3-10H,11H2,1-2H3,(H,22,25). The van der Waals surface area contributed by atoms with Crippen molar-refractivity contribution >= 4 is 39.1 Å². The van der Waals surface area contributed by atoms with E-state index in [-0.39, 0.29) is 29.9 Å². The second-order valence-electron chi connectivity index (χ2n) is 6.41. The van der Waals surface area contributed by atoms with E-state index in [0.29, 0.717) is 11.3 Å². The normalized spacial score (nSPS) is 15.8. The monoisotopic (exact) mass is 417 g/mol. The molecule has 134 valence electrons. The van der Waals surface area contributed by atoms with Gasteiger partial charge in [-0.2, -0.15) is 0 Å². The first-order valence-electron chi connectivity index (χ1n) is 7.99. The molecule has 1 aliphatic rings. The van der Waals surface area contributed by atoms with Gasteiger partial charge < -0.3 is 10.2 Å². The molecule has 0 fully saturated rings. The van der Waals surface area contributed by atoms with Crippen LogP contribution >= 0.6 is 15.9 Å². The van der Waals surface area contributed by atoms with Crippen molar-refractivity contribution in [3.05, 3.63) is 64.4 Å². The molecule has 0 spiro atoms. The van der Waals surface area contributed by atoms with Gasteiger partial charge in [0, 0.05) is 15.7 Å². The van der Waals surface area contributed by atoms with Crippen molar-refractivity contribution in [3.8, 4) is 0 Å². The molecular weight excluding hydrogens is 401 g/mol. The molecule has 1 N–H and O–H groups in total. The molecule has 1 aliphatic heterocycles. The highest BCUT2D eigenvalue weighted by atomic mass is 79.9. The summed E-state index contributed by atoms with van der Waals surface area (Å²) in [7, 11) is 0. The number of anilines is 1. The van der Waals surface area contributed by atoms with Crippen LogP contribution in [0.5, 0.6) is 0 Å². The van der Waals surface area contributed by atoms with E-state index in [0.717, 1.165) is 4.47 Å². The van der Waals surface area contributed by atoms with Gasteiger partial charge in [-0.15, -0.1) is 0 Å². The summed E-state index contributed by atoms with van der Waals surface area (Å²) >= 11 is 3.33. The summed E-state index contributed by atoms with van der Waals surface area (Å²) in [4.78, 5) is 31.0. The van der Waals surface area contributed by atoms with Gasteiger partial charge in [0.05, 0.1) is 0 Å². The van der Waals surface area contributed by atoms with Crippen LogP contribution in [0.3, 0.4) is 0 Å². The zero-order chi connectivity index (χ0) is 18.9. The largest absolute Gasteiger partial charge is 0.325 e. The molecule has 0 aliphatic carbocycles. The van der Waals surface area contributed by atoms with Crippen molar-refractivity contribution in [1.82, 2.24) is 4.90 Å². The molecule has 0 bridgehead atoms. The molecule has 7 heteroatoms. The molecule has 26 heavy (non-hydrogen) atoms. The van der Waals surface area contributed by atoms with Crippen molar-refractivity contribution in [2.24, 2.45) is 4.99 Å². The minimum Gasteiger partial charge on any atom is -0.325 e. The van der Waals surface area contributed by atoms with E-state index in [2.05, 4.69) is 26.2 Å². The summed E-state index contributed by atoms with van der Waals surface area (Å²) in [5.74, 6) is -1.05. The molecular formula is C19H17BrFN3O2. The van der Waals surface area contributed by atoms with Crippen LogP contribution in [-0.4, -0.2) is 34.6 Å². The topological polar surface area (TPSA) is 61.8 Å². The maximum Gasteiger partial charge on any atom is 0.275 e. The molecule has 2 aromatic rings.